The normalized spacial score (nSPS) is 29.5. The third-order valence-electron chi connectivity index (χ3n) is 13.5. The van der Waals surface area contributed by atoms with E-state index in [0.717, 1.165) is 95.5 Å². The molecule has 5 rings (SSSR count). The summed E-state index contributed by atoms with van der Waals surface area (Å²) in [6.07, 6.45) is 14.8. The minimum Gasteiger partial charge on any atom is -0.461 e. The van der Waals surface area contributed by atoms with E-state index in [1.54, 1.807) is 0 Å². The molecule has 2 amide bonds. The van der Waals surface area contributed by atoms with Crippen molar-refractivity contribution in [2.45, 2.75) is 174 Å². The Morgan fingerprint density at radius 2 is 1.29 bits per heavy atom. The van der Waals surface area contributed by atoms with E-state index in [0.29, 0.717) is 19.3 Å². The van der Waals surface area contributed by atoms with Crippen LogP contribution in [0.5, 0.6) is 0 Å². The zero-order chi connectivity index (χ0) is 39.5. The smallest absolute Gasteiger partial charge is 0.309 e. The average Bonchev–Trinajstić information content (AvgIpc) is 3.82. The monoisotopic (exact) mass is 763 g/mol. The highest BCUT2D eigenvalue weighted by Gasteiger charge is 2.43. The van der Waals surface area contributed by atoms with Crippen molar-refractivity contribution in [2.75, 3.05) is 0 Å². The molecule has 4 fully saturated rings. The van der Waals surface area contributed by atoms with Gasteiger partial charge in [-0.15, -0.1) is 0 Å². The van der Waals surface area contributed by atoms with Crippen molar-refractivity contribution in [1.29, 1.82) is 0 Å². The molecule has 1 aromatic carbocycles. The van der Waals surface area contributed by atoms with Crippen molar-refractivity contribution in [3.05, 3.63) is 35.9 Å². The first-order chi connectivity index (χ1) is 26.4. The topological polar surface area (TPSA) is 128 Å². The molecule has 1 aromatic rings. The number of nitrogens with one attached hydrogen (secondary N) is 2. The van der Waals surface area contributed by atoms with Crippen LogP contribution in [0.2, 0.25) is 0 Å². The molecule has 0 radical (unpaired) electrons. The Labute approximate surface area is 330 Å². The van der Waals surface area contributed by atoms with E-state index in [-0.39, 0.29) is 102 Å². The van der Waals surface area contributed by atoms with Crippen LogP contribution >= 0.6 is 0 Å². The number of carbonyl (C=O) groups is 5. The summed E-state index contributed by atoms with van der Waals surface area (Å²) in [4.78, 5) is 68.0. The molecule has 9 nitrogen and oxygen atoms in total. The fraction of sp³-hybridized carbons (Fsp3) is 0.761. The maximum Gasteiger partial charge on any atom is 0.309 e. The van der Waals surface area contributed by atoms with E-state index in [2.05, 4.69) is 24.5 Å². The van der Waals surface area contributed by atoms with Gasteiger partial charge >= 0.3 is 11.9 Å². The lowest BCUT2D eigenvalue weighted by Crippen LogP contribution is -2.51. The van der Waals surface area contributed by atoms with Crippen LogP contribution in [-0.2, 0) is 40.1 Å². The van der Waals surface area contributed by atoms with Crippen LogP contribution in [0.3, 0.4) is 0 Å². The third-order valence-corrected chi connectivity index (χ3v) is 13.5. The number of amides is 2. The lowest BCUT2D eigenvalue weighted by atomic mass is 9.69. The van der Waals surface area contributed by atoms with Crippen LogP contribution in [0, 0.1) is 47.3 Å². The van der Waals surface area contributed by atoms with Crippen LogP contribution in [0.1, 0.15) is 156 Å². The van der Waals surface area contributed by atoms with E-state index in [9.17, 15) is 24.0 Å². The van der Waals surface area contributed by atoms with Crippen LogP contribution in [0.25, 0.3) is 0 Å². The highest BCUT2D eigenvalue weighted by Crippen LogP contribution is 2.42. The largest absolute Gasteiger partial charge is 0.461 e. The second-order valence-electron chi connectivity index (χ2n) is 18.3. The summed E-state index contributed by atoms with van der Waals surface area (Å²) in [5.74, 6) is -0.797. The first-order valence-corrected chi connectivity index (χ1v) is 21.9. The lowest BCUT2D eigenvalue weighted by Gasteiger charge is -2.38. The first-order valence-electron chi connectivity index (χ1n) is 21.9. The molecular formula is C46H70N2O7. The van der Waals surface area contributed by atoms with Crippen LogP contribution < -0.4 is 10.6 Å². The minimum absolute atomic E-state index is 0.00442. The predicted octanol–water partition coefficient (Wildman–Crippen LogP) is 8.66. The summed E-state index contributed by atoms with van der Waals surface area (Å²) < 4.78 is 11.4. The number of carbonyl (C=O) groups excluding carboxylic acids is 5. The van der Waals surface area contributed by atoms with E-state index in [4.69, 9.17) is 9.47 Å². The molecule has 0 aromatic heterocycles. The van der Waals surface area contributed by atoms with E-state index in [1.165, 1.54) is 0 Å². The molecule has 0 spiro atoms. The van der Waals surface area contributed by atoms with Gasteiger partial charge in [0.15, 0.2) is 0 Å². The van der Waals surface area contributed by atoms with Crippen LogP contribution in [-0.4, -0.2) is 47.2 Å². The molecule has 4 aliphatic carbocycles. The van der Waals surface area contributed by atoms with Gasteiger partial charge in [-0.05, 0) is 114 Å². The van der Waals surface area contributed by atoms with Gasteiger partial charge in [0.1, 0.15) is 18.0 Å². The van der Waals surface area contributed by atoms with Gasteiger partial charge in [-0.25, -0.2) is 0 Å². The molecule has 0 heterocycles. The predicted molar refractivity (Wildman–Crippen MR) is 213 cm³/mol. The van der Waals surface area contributed by atoms with Crippen molar-refractivity contribution in [1.82, 2.24) is 10.6 Å². The Morgan fingerprint density at radius 1 is 0.673 bits per heavy atom. The second kappa shape index (κ2) is 20.3. The number of hydrogen-bond acceptors (Lipinski definition) is 7. The zero-order valence-corrected chi connectivity index (χ0v) is 34.5. The van der Waals surface area contributed by atoms with Gasteiger partial charge in [0.2, 0.25) is 11.8 Å². The minimum atomic E-state index is -0.554. The standard InChI is InChI=1S/C46H70N2O7/c1-6-33(37-22-13-14-25-39(37)47-44(52)36-23-15-20-32(36)28-42(50)55-46(3,4)5)43(51)48-40-26-16-24-38(40)41(49)27-31-19-11-12-21-35(31)34(7-2)45(53)54-29-30-17-9-8-10-18-30/h8-10,17-18,31-40H,6-7,11-16,19-29H2,1-5H3,(H,47,52)(H,48,51)/t31-,32-,33+,34+,35-,36+,37+,38+,39+,40+/m0/s1. The van der Waals surface area contributed by atoms with E-state index < -0.39 is 5.60 Å². The Balaban J connectivity index is 1.17. The van der Waals surface area contributed by atoms with Gasteiger partial charge in [0.25, 0.3) is 0 Å². The molecule has 306 valence electrons. The molecule has 55 heavy (non-hydrogen) atoms. The first kappa shape index (κ1) is 42.9. The van der Waals surface area contributed by atoms with Crippen LogP contribution in [0.4, 0.5) is 0 Å². The van der Waals surface area contributed by atoms with Gasteiger partial charge < -0.3 is 20.1 Å². The van der Waals surface area contributed by atoms with Crippen molar-refractivity contribution < 1.29 is 33.4 Å². The quantitative estimate of drug-likeness (QED) is 0.161. The summed E-state index contributed by atoms with van der Waals surface area (Å²) in [5, 5.41) is 6.75. The van der Waals surface area contributed by atoms with E-state index in [1.807, 2.05) is 51.1 Å². The van der Waals surface area contributed by atoms with Crippen molar-refractivity contribution in [2.24, 2.45) is 47.3 Å². The summed E-state index contributed by atoms with van der Waals surface area (Å²) in [7, 11) is 0. The molecule has 9 heteroatoms. The molecule has 0 bridgehead atoms. The van der Waals surface area contributed by atoms with Gasteiger partial charge in [-0.1, -0.05) is 82.7 Å². The van der Waals surface area contributed by atoms with Crippen LogP contribution in [0.15, 0.2) is 30.3 Å². The Bertz CT molecular complexity index is 1440. The molecule has 0 unspecified atom stereocenters. The fourth-order valence-electron chi connectivity index (χ4n) is 10.7. The maximum absolute atomic E-state index is 14.1. The number of esters is 2. The fourth-order valence-corrected chi connectivity index (χ4v) is 10.7. The van der Waals surface area contributed by atoms with Gasteiger partial charge in [0, 0.05) is 42.7 Å². The molecular weight excluding hydrogens is 693 g/mol. The molecule has 2 N–H and O–H groups in total. The highest BCUT2D eigenvalue weighted by molar-refractivity contribution is 5.85. The molecule has 4 saturated carbocycles. The summed E-state index contributed by atoms with van der Waals surface area (Å²) >= 11 is 0. The second-order valence-corrected chi connectivity index (χ2v) is 18.3. The van der Waals surface area contributed by atoms with Gasteiger partial charge in [-0.3, -0.25) is 24.0 Å². The highest BCUT2D eigenvalue weighted by atomic mass is 16.6. The average molecular weight is 763 g/mol. The number of ketones is 1. The number of hydrogen-bond donors (Lipinski definition) is 2. The number of benzene rings is 1. The number of Topliss-reactive ketones (excluding diaryl/α,β-unsaturated/α-hetero) is 1. The van der Waals surface area contributed by atoms with Crippen molar-refractivity contribution in [3.8, 4) is 0 Å². The summed E-state index contributed by atoms with van der Waals surface area (Å²) in [6.45, 7) is 9.96. The Hall–Kier alpha value is -3.23. The molecule has 10 atom stereocenters. The SMILES string of the molecule is CC[C@@H](C(=O)OCc1ccccc1)[C@H]1CCCC[C@H]1CC(=O)[C@@H]1CCC[C@H]1NC(=O)[C@H](CC)[C@H]1CCCC[C@H]1NC(=O)[C@@H]1CCC[C@H]1CC(=O)OC(C)(C)C. The van der Waals surface area contributed by atoms with Crippen molar-refractivity contribution in [3.63, 3.8) is 0 Å². The Kier molecular flexibility index (Phi) is 15.8. The van der Waals surface area contributed by atoms with E-state index >= 15 is 0 Å². The molecule has 0 aliphatic heterocycles. The third kappa shape index (κ3) is 11.9. The molecule has 0 saturated heterocycles. The van der Waals surface area contributed by atoms with Gasteiger partial charge in [-0.2, -0.15) is 0 Å². The van der Waals surface area contributed by atoms with Crippen molar-refractivity contribution >= 4 is 29.5 Å². The number of ether oxygens (including phenoxy) is 2. The Morgan fingerprint density at radius 3 is 2.00 bits per heavy atom. The summed E-state index contributed by atoms with van der Waals surface area (Å²) in [5.41, 5.74) is 0.417. The lowest BCUT2D eigenvalue weighted by molar-refractivity contribution is -0.156. The zero-order valence-electron chi connectivity index (χ0n) is 34.5. The van der Waals surface area contributed by atoms with Gasteiger partial charge in [0.05, 0.1) is 5.92 Å². The molecule has 4 aliphatic rings. The number of rotatable bonds is 16. The summed E-state index contributed by atoms with van der Waals surface area (Å²) in [6, 6.07) is 9.49. The maximum atomic E-state index is 14.1.